The molecule has 2 rings (SSSR count). The summed E-state index contributed by atoms with van der Waals surface area (Å²) in [6.07, 6.45) is 2.83. The zero-order valence-electron chi connectivity index (χ0n) is 8.04. The summed E-state index contributed by atoms with van der Waals surface area (Å²) in [5.41, 5.74) is 0.285. The van der Waals surface area contributed by atoms with Crippen LogP contribution in [0.15, 0.2) is 0 Å². The molecule has 78 valence electrons. The van der Waals surface area contributed by atoms with Crippen LogP contribution < -0.4 is 5.32 Å². The van der Waals surface area contributed by atoms with Crippen molar-refractivity contribution in [2.24, 2.45) is 5.41 Å². The number of rotatable bonds is 2. The molecule has 1 N–H and O–H groups in total. The van der Waals surface area contributed by atoms with Crippen LogP contribution >= 0.6 is 12.4 Å². The molecule has 0 spiro atoms. The number of ether oxygens (including phenoxy) is 2. The molecular weight excluding hydrogens is 190 g/mol. The van der Waals surface area contributed by atoms with Gasteiger partial charge in [0.2, 0.25) is 0 Å². The third kappa shape index (κ3) is 1.99. The van der Waals surface area contributed by atoms with E-state index in [0.29, 0.717) is 6.10 Å². The molecule has 2 heterocycles. The molecule has 0 bridgehead atoms. The van der Waals surface area contributed by atoms with Gasteiger partial charge in [-0.15, -0.1) is 12.4 Å². The highest BCUT2D eigenvalue weighted by atomic mass is 35.5. The molecule has 2 saturated heterocycles. The maximum absolute atomic E-state index is 5.72. The van der Waals surface area contributed by atoms with Gasteiger partial charge in [0.05, 0.1) is 12.7 Å². The fraction of sp³-hybridized carbons (Fsp3) is 1.00. The summed E-state index contributed by atoms with van der Waals surface area (Å²) in [4.78, 5) is 0. The minimum Gasteiger partial charge on any atom is -0.384 e. The molecule has 2 fully saturated rings. The molecule has 2 atom stereocenters. The molecule has 0 saturated carbocycles. The van der Waals surface area contributed by atoms with Crippen molar-refractivity contribution in [1.29, 1.82) is 0 Å². The Morgan fingerprint density at radius 3 is 3.23 bits per heavy atom. The molecule has 2 aliphatic rings. The van der Waals surface area contributed by atoms with Crippen LogP contribution in [0.5, 0.6) is 0 Å². The first kappa shape index (κ1) is 11.2. The maximum atomic E-state index is 5.72. The van der Waals surface area contributed by atoms with Gasteiger partial charge in [0, 0.05) is 32.2 Å². The van der Waals surface area contributed by atoms with Crippen molar-refractivity contribution in [3.05, 3.63) is 0 Å². The lowest BCUT2D eigenvalue weighted by atomic mass is 9.79. The lowest BCUT2D eigenvalue weighted by Crippen LogP contribution is -2.43. The summed E-state index contributed by atoms with van der Waals surface area (Å²) in [6.45, 7) is 3.83. The van der Waals surface area contributed by atoms with Gasteiger partial charge in [0.1, 0.15) is 0 Å². The minimum atomic E-state index is 0. The van der Waals surface area contributed by atoms with E-state index in [0.717, 1.165) is 26.3 Å². The topological polar surface area (TPSA) is 30.5 Å². The Labute approximate surface area is 85.6 Å². The van der Waals surface area contributed by atoms with Crippen molar-refractivity contribution in [2.45, 2.75) is 18.9 Å². The molecule has 0 aromatic rings. The van der Waals surface area contributed by atoms with Gasteiger partial charge in [0.25, 0.3) is 0 Å². The highest BCUT2D eigenvalue weighted by Crippen LogP contribution is 2.36. The summed E-state index contributed by atoms with van der Waals surface area (Å²) in [5.74, 6) is 0. The Morgan fingerprint density at radius 1 is 1.62 bits per heavy atom. The molecule has 13 heavy (non-hydrogen) atoms. The zero-order chi connectivity index (χ0) is 8.44. The van der Waals surface area contributed by atoms with E-state index in [9.17, 15) is 0 Å². The zero-order valence-corrected chi connectivity index (χ0v) is 8.86. The van der Waals surface area contributed by atoms with E-state index < -0.39 is 0 Å². The SMILES string of the molecule is COC[C@@]12CCCO[C@@H]1CNC2.Cl. The maximum Gasteiger partial charge on any atom is 0.0789 e. The summed E-state index contributed by atoms with van der Waals surface area (Å²) in [5, 5.41) is 3.38. The Morgan fingerprint density at radius 2 is 2.46 bits per heavy atom. The Bertz CT molecular complexity index is 164. The van der Waals surface area contributed by atoms with E-state index in [-0.39, 0.29) is 17.8 Å². The van der Waals surface area contributed by atoms with Gasteiger partial charge in [-0.2, -0.15) is 0 Å². The minimum absolute atomic E-state index is 0. The first-order chi connectivity index (χ1) is 5.87. The number of halogens is 1. The quantitative estimate of drug-likeness (QED) is 0.728. The largest absolute Gasteiger partial charge is 0.384 e. The van der Waals surface area contributed by atoms with Gasteiger partial charge in [-0.3, -0.25) is 0 Å². The lowest BCUT2D eigenvalue weighted by molar-refractivity contribution is -0.0829. The molecule has 0 amide bonds. The third-order valence-electron chi connectivity index (χ3n) is 3.06. The number of methoxy groups -OCH3 is 1. The average molecular weight is 208 g/mol. The fourth-order valence-corrected chi connectivity index (χ4v) is 2.42. The van der Waals surface area contributed by atoms with Gasteiger partial charge in [-0.1, -0.05) is 0 Å². The molecule has 0 radical (unpaired) electrons. The standard InChI is InChI=1S/C9H17NO2.ClH/c1-11-7-9-3-2-4-12-8(9)5-10-6-9;/h8,10H,2-7H2,1H3;1H/t8-,9+;/m1./s1. The van der Waals surface area contributed by atoms with Crippen LogP contribution in [0.4, 0.5) is 0 Å². The third-order valence-corrected chi connectivity index (χ3v) is 3.06. The molecule has 0 unspecified atom stereocenters. The number of hydrogen-bond acceptors (Lipinski definition) is 3. The van der Waals surface area contributed by atoms with E-state index in [4.69, 9.17) is 9.47 Å². The van der Waals surface area contributed by atoms with Crippen LogP contribution in [-0.4, -0.2) is 39.5 Å². The van der Waals surface area contributed by atoms with E-state index in [1.54, 1.807) is 7.11 Å². The van der Waals surface area contributed by atoms with Crippen molar-refractivity contribution < 1.29 is 9.47 Å². The molecule has 3 nitrogen and oxygen atoms in total. The summed E-state index contributed by atoms with van der Waals surface area (Å²) >= 11 is 0. The summed E-state index contributed by atoms with van der Waals surface area (Å²) in [6, 6.07) is 0. The van der Waals surface area contributed by atoms with Gasteiger partial charge >= 0.3 is 0 Å². The predicted molar refractivity (Wildman–Crippen MR) is 53.4 cm³/mol. The molecule has 0 aromatic carbocycles. The van der Waals surface area contributed by atoms with E-state index in [1.165, 1.54) is 12.8 Å². The molecule has 0 aromatic heterocycles. The Kier molecular flexibility index (Phi) is 3.98. The van der Waals surface area contributed by atoms with Crippen molar-refractivity contribution in [3.8, 4) is 0 Å². The molecule has 4 heteroatoms. The van der Waals surface area contributed by atoms with Crippen molar-refractivity contribution >= 4 is 12.4 Å². The fourth-order valence-electron chi connectivity index (χ4n) is 2.42. The average Bonchev–Trinajstić information content (AvgIpc) is 2.48. The van der Waals surface area contributed by atoms with Crippen molar-refractivity contribution in [1.82, 2.24) is 5.32 Å². The normalized spacial score (nSPS) is 38.1. The van der Waals surface area contributed by atoms with Crippen LogP contribution in [-0.2, 0) is 9.47 Å². The summed E-state index contributed by atoms with van der Waals surface area (Å²) < 4.78 is 11.0. The monoisotopic (exact) mass is 207 g/mol. The van der Waals surface area contributed by atoms with Crippen LogP contribution in [0.1, 0.15) is 12.8 Å². The van der Waals surface area contributed by atoms with Crippen molar-refractivity contribution in [2.75, 3.05) is 33.4 Å². The van der Waals surface area contributed by atoms with Crippen LogP contribution in [0.2, 0.25) is 0 Å². The van der Waals surface area contributed by atoms with Crippen LogP contribution in [0.25, 0.3) is 0 Å². The first-order valence-corrected chi connectivity index (χ1v) is 4.69. The Balaban J connectivity index is 0.000000845. The van der Waals surface area contributed by atoms with Gasteiger partial charge in [-0.25, -0.2) is 0 Å². The van der Waals surface area contributed by atoms with Crippen LogP contribution in [0, 0.1) is 5.41 Å². The van der Waals surface area contributed by atoms with E-state index >= 15 is 0 Å². The summed E-state index contributed by atoms with van der Waals surface area (Å²) in [7, 11) is 1.78. The van der Waals surface area contributed by atoms with Gasteiger partial charge in [-0.05, 0) is 12.8 Å². The highest BCUT2D eigenvalue weighted by molar-refractivity contribution is 5.85. The molecule has 2 aliphatic heterocycles. The lowest BCUT2D eigenvalue weighted by Gasteiger charge is -2.37. The second-order valence-electron chi connectivity index (χ2n) is 3.89. The number of hydrogen-bond donors (Lipinski definition) is 1. The van der Waals surface area contributed by atoms with Crippen molar-refractivity contribution in [3.63, 3.8) is 0 Å². The molecule has 0 aliphatic carbocycles. The first-order valence-electron chi connectivity index (χ1n) is 4.69. The van der Waals surface area contributed by atoms with E-state index in [2.05, 4.69) is 5.32 Å². The number of fused-ring (bicyclic) bond motifs is 1. The Hall–Kier alpha value is 0.170. The highest BCUT2D eigenvalue weighted by Gasteiger charge is 2.45. The van der Waals surface area contributed by atoms with Gasteiger partial charge in [0.15, 0.2) is 0 Å². The van der Waals surface area contributed by atoms with Crippen LogP contribution in [0.3, 0.4) is 0 Å². The van der Waals surface area contributed by atoms with E-state index in [1.807, 2.05) is 0 Å². The number of nitrogens with one attached hydrogen (secondary N) is 1. The second kappa shape index (κ2) is 4.60. The predicted octanol–water partition coefficient (Wildman–Crippen LogP) is 0.823. The van der Waals surface area contributed by atoms with Gasteiger partial charge < -0.3 is 14.8 Å². The smallest absolute Gasteiger partial charge is 0.0789 e. The second-order valence-corrected chi connectivity index (χ2v) is 3.89. The molecular formula is C9H18ClNO2.